The van der Waals surface area contributed by atoms with Gasteiger partial charge in [-0.3, -0.25) is 9.58 Å². The second-order valence-electron chi connectivity index (χ2n) is 7.58. The molecule has 23 heavy (non-hydrogen) atoms. The standard InChI is InChI=1S/C18H29N3O2/c1-22-13-17-12-20(9-14-2-3-14)11-16-8-19-21(18(16)17)10-15-4-6-23-7-5-15/h8,14-15,17H,2-7,9-13H2,1H3. The summed E-state index contributed by atoms with van der Waals surface area (Å²) in [6.07, 6.45) is 7.27. The summed E-state index contributed by atoms with van der Waals surface area (Å²) in [6, 6.07) is 0. The molecule has 1 unspecified atom stereocenters. The smallest absolute Gasteiger partial charge is 0.0558 e. The molecule has 1 aliphatic carbocycles. The Hall–Kier alpha value is -0.910. The zero-order chi connectivity index (χ0) is 15.6. The quantitative estimate of drug-likeness (QED) is 0.806. The number of fused-ring (bicyclic) bond motifs is 1. The third-order valence-corrected chi connectivity index (χ3v) is 5.57. The van der Waals surface area contributed by atoms with Gasteiger partial charge in [-0.15, -0.1) is 0 Å². The highest BCUT2D eigenvalue weighted by atomic mass is 16.5. The molecule has 5 nitrogen and oxygen atoms in total. The van der Waals surface area contributed by atoms with E-state index in [1.54, 1.807) is 0 Å². The molecule has 3 heterocycles. The van der Waals surface area contributed by atoms with Gasteiger partial charge < -0.3 is 9.47 Å². The molecule has 0 aromatic carbocycles. The van der Waals surface area contributed by atoms with E-state index in [0.29, 0.717) is 11.8 Å². The average molecular weight is 319 g/mol. The molecule has 1 saturated carbocycles. The van der Waals surface area contributed by atoms with Crippen LogP contribution in [0.2, 0.25) is 0 Å². The SMILES string of the molecule is COCC1CN(CC2CC2)Cc2cnn(CC3CCOCC3)c21. The van der Waals surface area contributed by atoms with Gasteiger partial charge in [0.05, 0.1) is 12.8 Å². The number of hydrogen-bond acceptors (Lipinski definition) is 4. The van der Waals surface area contributed by atoms with Crippen molar-refractivity contribution in [2.45, 2.75) is 44.7 Å². The zero-order valence-corrected chi connectivity index (χ0v) is 14.2. The third kappa shape index (κ3) is 3.62. The molecule has 2 aliphatic heterocycles. The van der Waals surface area contributed by atoms with E-state index in [1.165, 1.54) is 30.6 Å². The van der Waals surface area contributed by atoms with Crippen LogP contribution in [-0.4, -0.2) is 54.7 Å². The van der Waals surface area contributed by atoms with Crippen molar-refractivity contribution in [3.05, 3.63) is 17.5 Å². The Morgan fingerprint density at radius 1 is 1.17 bits per heavy atom. The summed E-state index contributed by atoms with van der Waals surface area (Å²) in [4.78, 5) is 2.62. The third-order valence-electron chi connectivity index (χ3n) is 5.57. The van der Waals surface area contributed by atoms with Gasteiger partial charge in [0.1, 0.15) is 0 Å². The average Bonchev–Trinajstić information content (AvgIpc) is 3.28. The first-order valence-corrected chi connectivity index (χ1v) is 9.17. The molecule has 0 N–H and O–H groups in total. The molecule has 2 fully saturated rings. The predicted octanol–water partition coefficient (Wildman–Crippen LogP) is 2.27. The van der Waals surface area contributed by atoms with Crippen LogP contribution in [0.4, 0.5) is 0 Å². The number of ether oxygens (including phenoxy) is 2. The topological polar surface area (TPSA) is 39.5 Å². The van der Waals surface area contributed by atoms with Gasteiger partial charge in [0, 0.05) is 63.7 Å². The van der Waals surface area contributed by atoms with Crippen LogP contribution in [-0.2, 0) is 22.6 Å². The molecule has 1 aromatic heterocycles. The lowest BCUT2D eigenvalue weighted by Crippen LogP contribution is -2.37. The normalized spacial score (nSPS) is 26.4. The maximum atomic E-state index is 5.53. The van der Waals surface area contributed by atoms with E-state index >= 15 is 0 Å². The predicted molar refractivity (Wildman–Crippen MR) is 88.4 cm³/mol. The van der Waals surface area contributed by atoms with Crippen molar-refractivity contribution in [2.24, 2.45) is 11.8 Å². The first-order valence-electron chi connectivity index (χ1n) is 9.17. The molecule has 3 aliphatic rings. The van der Waals surface area contributed by atoms with Crippen LogP contribution in [0.25, 0.3) is 0 Å². The highest BCUT2D eigenvalue weighted by Gasteiger charge is 2.33. The number of nitrogens with zero attached hydrogens (tertiary/aromatic N) is 3. The van der Waals surface area contributed by atoms with E-state index < -0.39 is 0 Å². The summed E-state index contributed by atoms with van der Waals surface area (Å²) in [5, 5.41) is 4.75. The number of methoxy groups -OCH3 is 1. The van der Waals surface area contributed by atoms with Gasteiger partial charge in [0.25, 0.3) is 0 Å². The summed E-state index contributed by atoms with van der Waals surface area (Å²) < 4.78 is 13.3. The van der Waals surface area contributed by atoms with E-state index in [4.69, 9.17) is 14.6 Å². The van der Waals surface area contributed by atoms with Crippen LogP contribution in [0, 0.1) is 11.8 Å². The van der Waals surface area contributed by atoms with Crippen LogP contribution < -0.4 is 0 Å². The van der Waals surface area contributed by atoms with Gasteiger partial charge in [0.2, 0.25) is 0 Å². The summed E-state index contributed by atoms with van der Waals surface area (Å²) in [6.45, 7) is 7.10. The molecule has 0 spiro atoms. The van der Waals surface area contributed by atoms with E-state index in [-0.39, 0.29) is 0 Å². The van der Waals surface area contributed by atoms with Crippen molar-refractivity contribution in [2.75, 3.05) is 40.0 Å². The first-order chi connectivity index (χ1) is 11.3. The highest BCUT2D eigenvalue weighted by Crippen LogP contribution is 2.34. The molecule has 1 aromatic rings. The van der Waals surface area contributed by atoms with E-state index in [1.807, 2.05) is 7.11 Å². The van der Waals surface area contributed by atoms with Gasteiger partial charge in [-0.05, 0) is 37.5 Å². The Morgan fingerprint density at radius 2 is 1.96 bits per heavy atom. The molecular weight excluding hydrogens is 290 g/mol. The van der Waals surface area contributed by atoms with E-state index in [2.05, 4.69) is 15.8 Å². The molecule has 0 radical (unpaired) electrons. The molecule has 4 rings (SSSR count). The van der Waals surface area contributed by atoms with Crippen molar-refractivity contribution in [3.63, 3.8) is 0 Å². The Balaban J connectivity index is 1.50. The van der Waals surface area contributed by atoms with Crippen LogP contribution in [0.15, 0.2) is 6.20 Å². The monoisotopic (exact) mass is 319 g/mol. The lowest BCUT2D eigenvalue weighted by molar-refractivity contribution is 0.0590. The molecule has 0 amide bonds. The summed E-state index contributed by atoms with van der Waals surface area (Å²) in [5.41, 5.74) is 2.86. The Bertz CT molecular complexity index is 520. The Kier molecular flexibility index (Phi) is 4.69. The maximum absolute atomic E-state index is 5.53. The molecule has 5 heteroatoms. The lowest BCUT2D eigenvalue weighted by atomic mass is 9.95. The van der Waals surface area contributed by atoms with Crippen molar-refractivity contribution >= 4 is 0 Å². The Labute approximate surface area is 138 Å². The van der Waals surface area contributed by atoms with Gasteiger partial charge in [-0.25, -0.2) is 0 Å². The highest BCUT2D eigenvalue weighted by molar-refractivity contribution is 5.25. The van der Waals surface area contributed by atoms with E-state index in [0.717, 1.165) is 58.2 Å². The number of rotatable bonds is 6. The van der Waals surface area contributed by atoms with Crippen molar-refractivity contribution in [3.8, 4) is 0 Å². The van der Waals surface area contributed by atoms with Gasteiger partial charge in [-0.1, -0.05) is 0 Å². The molecule has 1 saturated heterocycles. The van der Waals surface area contributed by atoms with Crippen LogP contribution in [0.3, 0.4) is 0 Å². The Morgan fingerprint density at radius 3 is 2.70 bits per heavy atom. The van der Waals surface area contributed by atoms with Gasteiger partial charge in [0.15, 0.2) is 0 Å². The zero-order valence-electron chi connectivity index (χ0n) is 14.2. The number of hydrogen-bond donors (Lipinski definition) is 0. The van der Waals surface area contributed by atoms with Crippen LogP contribution >= 0.6 is 0 Å². The minimum atomic E-state index is 0.463. The van der Waals surface area contributed by atoms with E-state index in [9.17, 15) is 0 Å². The fraction of sp³-hybridized carbons (Fsp3) is 0.833. The summed E-state index contributed by atoms with van der Waals surface area (Å²) in [7, 11) is 1.82. The largest absolute Gasteiger partial charge is 0.384 e. The molecular formula is C18H29N3O2. The molecule has 0 bridgehead atoms. The fourth-order valence-corrected chi connectivity index (χ4v) is 4.19. The second kappa shape index (κ2) is 6.91. The van der Waals surface area contributed by atoms with Crippen LogP contribution in [0.1, 0.15) is 42.9 Å². The fourth-order valence-electron chi connectivity index (χ4n) is 4.19. The number of aromatic nitrogens is 2. The minimum Gasteiger partial charge on any atom is -0.384 e. The molecule has 1 atom stereocenters. The van der Waals surface area contributed by atoms with Gasteiger partial charge >= 0.3 is 0 Å². The second-order valence-corrected chi connectivity index (χ2v) is 7.58. The lowest BCUT2D eigenvalue weighted by Gasteiger charge is -2.34. The summed E-state index contributed by atoms with van der Waals surface area (Å²) in [5.74, 6) is 2.11. The van der Waals surface area contributed by atoms with Crippen molar-refractivity contribution in [1.29, 1.82) is 0 Å². The molecule has 128 valence electrons. The maximum Gasteiger partial charge on any atom is 0.0558 e. The van der Waals surface area contributed by atoms with Crippen LogP contribution in [0.5, 0.6) is 0 Å². The first kappa shape index (κ1) is 15.6. The van der Waals surface area contributed by atoms with Crippen molar-refractivity contribution in [1.82, 2.24) is 14.7 Å². The van der Waals surface area contributed by atoms with Crippen molar-refractivity contribution < 1.29 is 9.47 Å². The summed E-state index contributed by atoms with van der Waals surface area (Å²) >= 11 is 0. The van der Waals surface area contributed by atoms with Gasteiger partial charge in [-0.2, -0.15) is 5.10 Å². The minimum absolute atomic E-state index is 0.463.